The number of halogens is 1. The third-order valence-corrected chi connectivity index (χ3v) is 5.50. The fraction of sp³-hybridized carbons (Fsp3) is 0.238. The van der Waals surface area contributed by atoms with Gasteiger partial charge in [0.2, 0.25) is 0 Å². The van der Waals surface area contributed by atoms with Crippen LogP contribution in [0.3, 0.4) is 0 Å². The van der Waals surface area contributed by atoms with E-state index in [2.05, 4.69) is 4.90 Å². The van der Waals surface area contributed by atoms with Crippen molar-refractivity contribution in [2.75, 3.05) is 18.0 Å². The number of nitrogens with zero attached hydrogens (tertiary/aromatic N) is 2. The first-order chi connectivity index (χ1) is 13.4. The summed E-state index contributed by atoms with van der Waals surface area (Å²) in [6.07, 6.45) is 1.49. The van der Waals surface area contributed by atoms with Crippen LogP contribution in [0.5, 0.6) is 5.75 Å². The molecule has 7 heteroatoms. The van der Waals surface area contributed by atoms with Gasteiger partial charge in [0.1, 0.15) is 11.6 Å². The molecule has 1 aliphatic rings. The molecule has 1 heterocycles. The number of carbonyl (C=O) groups is 2. The number of thioether (sulfide) groups is 1. The number of anilines is 1. The Hall–Kier alpha value is -2.80. The minimum atomic E-state index is -0.495. The number of aromatic hydroxyl groups is 1. The second-order valence-electron chi connectivity index (χ2n) is 6.27. The van der Waals surface area contributed by atoms with Crippen molar-refractivity contribution in [3.8, 4) is 5.75 Å². The molecule has 0 aliphatic carbocycles. The number of carbonyl (C=O) groups excluding carboxylic acids is 2. The average Bonchev–Trinajstić information content (AvgIpc) is 2.94. The average molecular weight is 400 g/mol. The van der Waals surface area contributed by atoms with Gasteiger partial charge in [0.05, 0.1) is 11.4 Å². The van der Waals surface area contributed by atoms with E-state index in [1.807, 2.05) is 19.9 Å². The van der Waals surface area contributed by atoms with Crippen molar-refractivity contribution in [1.82, 2.24) is 4.90 Å². The number of hydrogen-bond donors (Lipinski definition) is 1. The summed E-state index contributed by atoms with van der Waals surface area (Å²) >= 11 is 0.785. The zero-order valence-electron chi connectivity index (χ0n) is 15.7. The molecule has 28 heavy (non-hydrogen) atoms. The van der Waals surface area contributed by atoms with E-state index < -0.39 is 17.0 Å². The Bertz CT molecular complexity index is 941. The molecule has 2 aromatic rings. The molecule has 0 saturated carbocycles. The van der Waals surface area contributed by atoms with Crippen molar-refractivity contribution in [3.63, 3.8) is 0 Å². The molecule has 1 fully saturated rings. The largest absolute Gasteiger partial charge is 0.507 e. The summed E-state index contributed by atoms with van der Waals surface area (Å²) in [4.78, 5) is 28.2. The lowest BCUT2D eigenvalue weighted by Gasteiger charge is -2.21. The maximum atomic E-state index is 13.8. The van der Waals surface area contributed by atoms with Crippen LogP contribution >= 0.6 is 11.8 Å². The van der Waals surface area contributed by atoms with Gasteiger partial charge in [-0.15, -0.1) is 0 Å². The number of imide groups is 1. The maximum absolute atomic E-state index is 13.8. The van der Waals surface area contributed by atoms with Gasteiger partial charge >= 0.3 is 0 Å². The van der Waals surface area contributed by atoms with E-state index in [-0.39, 0.29) is 22.8 Å². The first kappa shape index (κ1) is 19.9. The molecule has 2 amide bonds. The maximum Gasteiger partial charge on any atom is 0.293 e. The van der Waals surface area contributed by atoms with Gasteiger partial charge in [-0.1, -0.05) is 18.2 Å². The van der Waals surface area contributed by atoms with E-state index in [9.17, 15) is 19.1 Å². The van der Waals surface area contributed by atoms with Crippen LogP contribution in [0.15, 0.2) is 47.4 Å². The van der Waals surface area contributed by atoms with Crippen molar-refractivity contribution in [2.24, 2.45) is 0 Å². The molecular weight excluding hydrogens is 379 g/mol. The minimum absolute atomic E-state index is 0.0327. The molecule has 0 unspecified atom stereocenters. The molecule has 1 N–H and O–H groups in total. The molecule has 5 nitrogen and oxygen atoms in total. The lowest BCUT2D eigenvalue weighted by atomic mass is 10.1. The lowest BCUT2D eigenvalue weighted by Crippen LogP contribution is -2.27. The molecule has 0 spiro atoms. The topological polar surface area (TPSA) is 60.9 Å². The number of rotatable bonds is 6. The van der Waals surface area contributed by atoms with Gasteiger partial charge in [0.25, 0.3) is 11.1 Å². The van der Waals surface area contributed by atoms with E-state index in [1.165, 1.54) is 12.1 Å². The van der Waals surface area contributed by atoms with Gasteiger partial charge in [0.15, 0.2) is 0 Å². The van der Waals surface area contributed by atoms with Crippen molar-refractivity contribution in [2.45, 2.75) is 20.4 Å². The Morgan fingerprint density at radius 1 is 1.14 bits per heavy atom. The SMILES string of the molecule is CCN(CC)c1ccc(/C=C2\SC(=O)N(Cc3ccccc3F)C2=O)c(O)c1. The summed E-state index contributed by atoms with van der Waals surface area (Å²) in [6, 6.07) is 11.3. The Kier molecular flexibility index (Phi) is 6.04. The van der Waals surface area contributed by atoms with Crippen LogP contribution < -0.4 is 4.90 Å². The predicted octanol–water partition coefficient (Wildman–Crippen LogP) is 4.61. The molecule has 0 aromatic heterocycles. The number of phenolic OH excluding ortho intramolecular Hbond substituents is 1. The molecule has 0 radical (unpaired) electrons. The summed E-state index contributed by atoms with van der Waals surface area (Å²) in [6.45, 7) is 5.55. The number of amides is 2. The Labute approximate surface area is 167 Å². The summed E-state index contributed by atoms with van der Waals surface area (Å²) in [5.41, 5.74) is 1.61. The molecule has 2 aromatic carbocycles. The monoisotopic (exact) mass is 400 g/mol. The van der Waals surface area contributed by atoms with Crippen molar-refractivity contribution < 1.29 is 19.1 Å². The third kappa shape index (κ3) is 4.04. The highest BCUT2D eigenvalue weighted by Gasteiger charge is 2.35. The number of phenols is 1. The van der Waals surface area contributed by atoms with Crippen LogP contribution in [-0.4, -0.2) is 34.2 Å². The lowest BCUT2D eigenvalue weighted by molar-refractivity contribution is -0.123. The summed E-state index contributed by atoms with van der Waals surface area (Å²) in [7, 11) is 0. The Morgan fingerprint density at radius 2 is 1.86 bits per heavy atom. The van der Waals surface area contributed by atoms with Crippen LogP contribution in [0.4, 0.5) is 14.9 Å². The number of hydrogen-bond acceptors (Lipinski definition) is 5. The van der Waals surface area contributed by atoms with Crippen LogP contribution in [0.2, 0.25) is 0 Å². The van der Waals surface area contributed by atoms with Crippen molar-refractivity contribution >= 4 is 34.7 Å². The van der Waals surface area contributed by atoms with Crippen LogP contribution in [0, 0.1) is 5.82 Å². The van der Waals surface area contributed by atoms with Gasteiger partial charge in [-0.3, -0.25) is 14.5 Å². The molecular formula is C21H21FN2O3S. The second-order valence-corrected chi connectivity index (χ2v) is 7.27. The molecule has 1 aliphatic heterocycles. The highest BCUT2D eigenvalue weighted by atomic mass is 32.2. The summed E-state index contributed by atoms with van der Waals surface area (Å²) in [5.74, 6) is -0.925. The highest BCUT2D eigenvalue weighted by molar-refractivity contribution is 8.18. The summed E-state index contributed by atoms with van der Waals surface area (Å²) in [5, 5.41) is 9.88. The van der Waals surface area contributed by atoms with Gasteiger partial charge < -0.3 is 10.0 Å². The van der Waals surface area contributed by atoms with Gasteiger partial charge in [-0.25, -0.2) is 4.39 Å². The molecule has 0 bridgehead atoms. The molecule has 3 rings (SSSR count). The quantitative estimate of drug-likeness (QED) is 0.718. The highest BCUT2D eigenvalue weighted by Crippen LogP contribution is 2.35. The Balaban J connectivity index is 1.83. The fourth-order valence-electron chi connectivity index (χ4n) is 3.01. The van der Waals surface area contributed by atoms with Gasteiger partial charge in [-0.05, 0) is 49.9 Å². The summed E-state index contributed by atoms with van der Waals surface area (Å²) < 4.78 is 13.8. The zero-order valence-corrected chi connectivity index (χ0v) is 16.5. The first-order valence-electron chi connectivity index (χ1n) is 9.01. The van der Waals surface area contributed by atoms with E-state index in [0.29, 0.717) is 5.56 Å². The van der Waals surface area contributed by atoms with Crippen molar-refractivity contribution in [3.05, 3.63) is 64.3 Å². The molecule has 0 atom stereocenters. The van der Waals surface area contributed by atoms with Crippen LogP contribution in [0.1, 0.15) is 25.0 Å². The minimum Gasteiger partial charge on any atom is -0.507 e. The van der Waals surface area contributed by atoms with E-state index in [1.54, 1.807) is 30.3 Å². The smallest absolute Gasteiger partial charge is 0.293 e. The van der Waals surface area contributed by atoms with E-state index >= 15 is 0 Å². The normalized spacial score (nSPS) is 15.5. The zero-order chi connectivity index (χ0) is 20.3. The molecule has 146 valence electrons. The van der Waals surface area contributed by atoms with E-state index in [0.717, 1.165) is 35.4 Å². The second kappa shape index (κ2) is 8.48. The molecule has 1 saturated heterocycles. The predicted molar refractivity (Wildman–Crippen MR) is 110 cm³/mol. The van der Waals surface area contributed by atoms with Gasteiger partial charge in [-0.2, -0.15) is 0 Å². The van der Waals surface area contributed by atoms with Crippen LogP contribution in [-0.2, 0) is 11.3 Å². The standard InChI is InChI=1S/C21H21FN2O3S/c1-3-23(4-2)16-10-9-14(18(25)12-16)11-19-20(26)24(21(27)28-19)13-15-7-5-6-8-17(15)22/h5-12,25H,3-4,13H2,1-2H3/b19-11-. The fourth-order valence-corrected chi connectivity index (χ4v) is 3.84. The van der Waals surface area contributed by atoms with Crippen molar-refractivity contribution in [1.29, 1.82) is 0 Å². The van der Waals surface area contributed by atoms with Crippen LogP contribution in [0.25, 0.3) is 6.08 Å². The Morgan fingerprint density at radius 3 is 2.50 bits per heavy atom. The van der Waals surface area contributed by atoms with Gasteiger partial charge in [0, 0.05) is 36.0 Å². The first-order valence-corrected chi connectivity index (χ1v) is 9.83. The third-order valence-electron chi connectivity index (χ3n) is 4.59. The number of benzene rings is 2. The van der Waals surface area contributed by atoms with E-state index in [4.69, 9.17) is 0 Å².